The number of hydrogen-bond donors (Lipinski definition) is 0. The summed E-state index contributed by atoms with van der Waals surface area (Å²) < 4.78 is 5.54. The molecule has 1 aromatic rings. The number of ether oxygens (including phenoxy) is 1. The molecule has 0 aromatic heterocycles. The van der Waals surface area contributed by atoms with Gasteiger partial charge in [-0.3, -0.25) is 4.79 Å². The molecule has 0 bridgehead atoms. The highest BCUT2D eigenvalue weighted by Gasteiger charge is 2.26. The summed E-state index contributed by atoms with van der Waals surface area (Å²) in [5, 5.41) is 0. The van der Waals surface area contributed by atoms with Crippen molar-refractivity contribution in [3.05, 3.63) is 34.9 Å². The van der Waals surface area contributed by atoms with Crippen LogP contribution in [0.3, 0.4) is 0 Å². The van der Waals surface area contributed by atoms with Crippen LogP contribution in [-0.2, 0) is 4.74 Å². The maximum absolute atomic E-state index is 13.3. The van der Waals surface area contributed by atoms with Crippen molar-refractivity contribution < 1.29 is 9.53 Å². The third-order valence-electron chi connectivity index (χ3n) is 6.22. The van der Waals surface area contributed by atoms with Crippen LogP contribution < -0.4 is 0 Å². The van der Waals surface area contributed by atoms with Gasteiger partial charge in [0.1, 0.15) is 0 Å². The van der Waals surface area contributed by atoms with Crippen molar-refractivity contribution in [2.75, 3.05) is 39.4 Å². The molecule has 2 fully saturated rings. The maximum Gasteiger partial charge on any atom is 0.254 e. The average Bonchev–Trinajstić information content (AvgIpc) is 2.96. The zero-order chi connectivity index (χ0) is 19.1. The number of aryl methyl sites for hydroxylation is 2. The standard InChI is InChI=1S/C23H36N2O2/c1-19-8-9-21(18-20(19)2)23(26)25(22-10-16-27-17-11-22)15-7-14-24-12-5-3-4-6-13-24/h8-9,18,22H,3-7,10-17H2,1-2H3. The minimum atomic E-state index is 0.195. The molecule has 0 spiro atoms. The van der Waals surface area contributed by atoms with Crippen LogP contribution in [0.5, 0.6) is 0 Å². The van der Waals surface area contributed by atoms with Crippen LogP contribution in [0.1, 0.15) is 66.4 Å². The molecule has 0 N–H and O–H groups in total. The van der Waals surface area contributed by atoms with Crippen molar-refractivity contribution in [3.8, 4) is 0 Å². The maximum atomic E-state index is 13.3. The lowest BCUT2D eigenvalue weighted by Crippen LogP contribution is -2.44. The van der Waals surface area contributed by atoms with E-state index in [-0.39, 0.29) is 5.91 Å². The Hall–Kier alpha value is -1.39. The molecule has 2 aliphatic rings. The zero-order valence-corrected chi connectivity index (χ0v) is 17.2. The van der Waals surface area contributed by atoms with Crippen LogP contribution in [0, 0.1) is 13.8 Å². The summed E-state index contributed by atoms with van der Waals surface area (Å²) in [4.78, 5) is 18.1. The van der Waals surface area contributed by atoms with Crippen molar-refractivity contribution in [3.63, 3.8) is 0 Å². The molecule has 2 aliphatic heterocycles. The first-order valence-electron chi connectivity index (χ1n) is 10.8. The van der Waals surface area contributed by atoms with Crippen LogP contribution in [-0.4, -0.2) is 61.1 Å². The van der Waals surface area contributed by atoms with Crippen molar-refractivity contribution in [1.29, 1.82) is 0 Å². The molecule has 0 atom stereocenters. The van der Waals surface area contributed by atoms with E-state index in [1.807, 2.05) is 6.07 Å². The fraction of sp³-hybridized carbons (Fsp3) is 0.696. The Morgan fingerprint density at radius 2 is 1.78 bits per heavy atom. The van der Waals surface area contributed by atoms with Gasteiger partial charge in [0.25, 0.3) is 5.91 Å². The van der Waals surface area contributed by atoms with Crippen LogP contribution >= 0.6 is 0 Å². The van der Waals surface area contributed by atoms with Gasteiger partial charge in [-0.25, -0.2) is 0 Å². The van der Waals surface area contributed by atoms with Gasteiger partial charge in [-0.1, -0.05) is 18.9 Å². The highest BCUT2D eigenvalue weighted by Crippen LogP contribution is 2.20. The Balaban J connectivity index is 1.64. The summed E-state index contributed by atoms with van der Waals surface area (Å²) in [6.07, 6.45) is 8.37. The summed E-state index contributed by atoms with van der Waals surface area (Å²) in [6.45, 7) is 10.1. The lowest BCUT2D eigenvalue weighted by Gasteiger charge is -2.35. The van der Waals surface area contributed by atoms with Gasteiger partial charge in [0, 0.05) is 31.4 Å². The van der Waals surface area contributed by atoms with E-state index in [1.54, 1.807) is 0 Å². The fourth-order valence-electron chi connectivity index (χ4n) is 4.31. The molecule has 1 aromatic carbocycles. The molecule has 0 unspecified atom stereocenters. The highest BCUT2D eigenvalue weighted by atomic mass is 16.5. The molecule has 3 rings (SSSR count). The number of nitrogens with zero attached hydrogens (tertiary/aromatic N) is 2. The zero-order valence-electron chi connectivity index (χ0n) is 17.2. The normalized spacial score (nSPS) is 19.6. The number of carbonyl (C=O) groups is 1. The van der Waals surface area contributed by atoms with E-state index in [1.165, 1.54) is 49.9 Å². The van der Waals surface area contributed by atoms with E-state index in [4.69, 9.17) is 4.74 Å². The Morgan fingerprint density at radius 1 is 1.07 bits per heavy atom. The van der Waals surface area contributed by atoms with E-state index in [0.717, 1.165) is 51.1 Å². The molecular formula is C23H36N2O2. The Bertz CT molecular complexity index is 602. The third kappa shape index (κ3) is 5.79. The number of likely N-dealkylation sites (tertiary alicyclic amines) is 1. The van der Waals surface area contributed by atoms with Crippen molar-refractivity contribution in [2.24, 2.45) is 0 Å². The van der Waals surface area contributed by atoms with Crippen LogP contribution in [0.25, 0.3) is 0 Å². The summed E-state index contributed by atoms with van der Waals surface area (Å²) in [7, 11) is 0. The smallest absolute Gasteiger partial charge is 0.254 e. The molecule has 0 saturated carbocycles. The van der Waals surface area contributed by atoms with Gasteiger partial charge in [-0.2, -0.15) is 0 Å². The second-order valence-corrected chi connectivity index (χ2v) is 8.25. The minimum Gasteiger partial charge on any atom is -0.381 e. The predicted octanol–water partition coefficient (Wildman–Crippen LogP) is 4.19. The number of carbonyl (C=O) groups excluding carboxylic acids is 1. The van der Waals surface area contributed by atoms with Gasteiger partial charge in [-0.05, 0) is 88.8 Å². The summed E-state index contributed by atoms with van der Waals surface area (Å²) >= 11 is 0. The highest BCUT2D eigenvalue weighted by molar-refractivity contribution is 5.94. The SMILES string of the molecule is Cc1ccc(C(=O)N(CCCN2CCCCCC2)C2CCOCC2)cc1C. The Labute approximate surface area is 164 Å². The van der Waals surface area contributed by atoms with Gasteiger partial charge >= 0.3 is 0 Å². The largest absolute Gasteiger partial charge is 0.381 e. The van der Waals surface area contributed by atoms with Crippen LogP contribution in [0.15, 0.2) is 18.2 Å². The first-order chi connectivity index (χ1) is 13.1. The second kappa shape index (κ2) is 10.2. The minimum absolute atomic E-state index is 0.195. The first-order valence-corrected chi connectivity index (χ1v) is 10.8. The number of rotatable bonds is 6. The van der Waals surface area contributed by atoms with E-state index < -0.39 is 0 Å². The number of hydrogen-bond acceptors (Lipinski definition) is 3. The topological polar surface area (TPSA) is 32.8 Å². The molecule has 2 heterocycles. The monoisotopic (exact) mass is 372 g/mol. The van der Waals surface area contributed by atoms with E-state index in [0.29, 0.717) is 6.04 Å². The predicted molar refractivity (Wildman–Crippen MR) is 110 cm³/mol. The number of benzene rings is 1. The van der Waals surface area contributed by atoms with Crippen molar-refractivity contribution >= 4 is 5.91 Å². The van der Waals surface area contributed by atoms with Crippen LogP contribution in [0.4, 0.5) is 0 Å². The van der Waals surface area contributed by atoms with Crippen molar-refractivity contribution in [1.82, 2.24) is 9.80 Å². The van der Waals surface area contributed by atoms with E-state index in [9.17, 15) is 4.79 Å². The van der Waals surface area contributed by atoms with Gasteiger partial charge in [-0.15, -0.1) is 0 Å². The van der Waals surface area contributed by atoms with E-state index >= 15 is 0 Å². The van der Waals surface area contributed by atoms with E-state index in [2.05, 4.69) is 35.8 Å². The molecule has 0 radical (unpaired) electrons. The lowest BCUT2D eigenvalue weighted by molar-refractivity contribution is 0.0280. The van der Waals surface area contributed by atoms with Gasteiger partial charge < -0.3 is 14.5 Å². The van der Waals surface area contributed by atoms with Crippen molar-refractivity contribution in [2.45, 2.75) is 64.8 Å². The van der Waals surface area contributed by atoms with Gasteiger partial charge in [0.05, 0.1) is 0 Å². The summed E-state index contributed by atoms with van der Waals surface area (Å²) in [6, 6.07) is 6.43. The Morgan fingerprint density at radius 3 is 2.44 bits per heavy atom. The molecule has 2 saturated heterocycles. The number of amides is 1. The Kier molecular flexibility index (Phi) is 7.71. The first kappa shape index (κ1) is 20.3. The molecular weight excluding hydrogens is 336 g/mol. The fourth-order valence-corrected chi connectivity index (χ4v) is 4.31. The van der Waals surface area contributed by atoms with Crippen LogP contribution in [0.2, 0.25) is 0 Å². The third-order valence-corrected chi connectivity index (χ3v) is 6.22. The molecule has 27 heavy (non-hydrogen) atoms. The summed E-state index contributed by atoms with van der Waals surface area (Å²) in [5.41, 5.74) is 3.27. The molecule has 150 valence electrons. The van der Waals surface area contributed by atoms with Gasteiger partial charge in [0.15, 0.2) is 0 Å². The second-order valence-electron chi connectivity index (χ2n) is 8.25. The molecule has 4 nitrogen and oxygen atoms in total. The lowest BCUT2D eigenvalue weighted by atomic mass is 10.0. The summed E-state index contributed by atoms with van der Waals surface area (Å²) in [5.74, 6) is 0.195. The quantitative estimate of drug-likeness (QED) is 0.751. The molecule has 4 heteroatoms. The van der Waals surface area contributed by atoms with Gasteiger partial charge in [0.2, 0.25) is 0 Å². The molecule has 0 aliphatic carbocycles. The molecule has 1 amide bonds. The average molecular weight is 373 g/mol.